The van der Waals surface area contributed by atoms with E-state index in [0.717, 1.165) is 65.7 Å². The molecular weight excluding hydrogens is 427 g/mol. The number of hydrogen-bond donors (Lipinski definition) is 1. The van der Waals surface area contributed by atoms with E-state index in [2.05, 4.69) is 5.32 Å². The number of carbonyl (C=O) groups excluding carboxylic acids is 1. The van der Waals surface area contributed by atoms with Crippen LogP contribution in [0.1, 0.15) is 49.1 Å². The van der Waals surface area contributed by atoms with Gasteiger partial charge < -0.3 is 14.5 Å². The lowest BCUT2D eigenvalue weighted by atomic mass is 9.93. The van der Waals surface area contributed by atoms with Gasteiger partial charge in [-0.15, -0.1) is 0 Å². The number of hydrogen-bond acceptors (Lipinski definition) is 5. The van der Waals surface area contributed by atoms with Crippen LogP contribution < -0.4 is 10.1 Å². The molecular formula is C25H25FN2O5. The van der Waals surface area contributed by atoms with Crippen molar-refractivity contribution in [2.45, 2.75) is 46.5 Å². The molecule has 1 amide bonds. The maximum atomic E-state index is 13.6. The van der Waals surface area contributed by atoms with E-state index in [1.165, 1.54) is 17.7 Å². The number of halogens is 1. The molecule has 8 heteroatoms. The first kappa shape index (κ1) is 22.5. The van der Waals surface area contributed by atoms with Crippen LogP contribution in [0.5, 0.6) is 5.75 Å². The molecule has 0 aliphatic heterocycles. The number of furan rings is 1. The van der Waals surface area contributed by atoms with Gasteiger partial charge in [-0.3, -0.25) is 14.9 Å². The summed E-state index contributed by atoms with van der Waals surface area (Å²) in [4.78, 5) is 22.8. The number of amides is 1. The molecule has 172 valence electrons. The van der Waals surface area contributed by atoms with Gasteiger partial charge in [0.2, 0.25) is 11.7 Å². The number of aryl methyl sites for hydroxylation is 3. The van der Waals surface area contributed by atoms with Gasteiger partial charge in [0.1, 0.15) is 17.1 Å². The molecule has 0 saturated heterocycles. The normalized spacial score (nSPS) is 13.6. The third kappa shape index (κ3) is 4.33. The van der Waals surface area contributed by atoms with Gasteiger partial charge >= 0.3 is 5.69 Å². The van der Waals surface area contributed by atoms with Crippen molar-refractivity contribution in [3.63, 3.8) is 0 Å². The number of nitrogens with zero attached hydrogens (tertiary/aromatic N) is 1. The molecule has 2 aromatic carbocycles. The van der Waals surface area contributed by atoms with Gasteiger partial charge in [-0.25, -0.2) is 0 Å². The van der Waals surface area contributed by atoms with Gasteiger partial charge in [0.15, 0.2) is 0 Å². The highest BCUT2D eigenvalue weighted by Gasteiger charge is 2.23. The first-order valence-corrected chi connectivity index (χ1v) is 10.9. The molecule has 0 fully saturated rings. The van der Waals surface area contributed by atoms with Crippen molar-refractivity contribution >= 4 is 33.8 Å². The Kier molecular flexibility index (Phi) is 6.18. The molecule has 0 atom stereocenters. The number of anilines is 1. The molecule has 1 aromatic heterocycles. The minimum Gasteiger partial charge on any atom is -0.493 e. The van der Waals surface area contributed by atoms with Crippen molar-refractivity contribution < 1.29 is 23.3 Å². The summed E-state index contributed by atoms with van der Waals surface area (Å²) in [5.41, 5.74) is 3.83. The molecule has 7 nitrogen and oxygen atoms in total. The van der Waals surface area contributed by atoms with Crippen molar-refractivity contribution in [2.24, 2.45) is 0 Å². The number of nitro benzene ring substituents is 1. The van der Waals surface area contributed by atoms with Crippen LogP contribution in [0.3, 0.4) is 0 Å². The fourth-order valence-corrected chi connectivity index (χ4v) is 4.34. The van der Waals surface area contributed by atoms with Crippen molar-refractivity contribution in [2.75, 3.05) is 11.9 Å². The van der Waals surface area contributed by atoms with Crippen LogP contribution in [0.25, 0.3) is 16.5 Å². The van der Waals surface area contributed by atoms with E-state index in [1.54, 1.807) is 0 Å². The molecule has 0 spiro atoms. The first-order chi connectivity index (χ1) is 15.8. The molecule has 1 N–H and O–H groups in total. The zero-order valence-electron chi connectivity index (χ0n) is 18.8. The molecule has 0 radical (unpaired) electrons. The topological polar surface area (TPSA) is 94.6 Å². The summed E-state index contributed by atoms with van der Waals surface area (Å²) in [5.74, 6) is 0.243. The number of allylic oxidation sites excluding steroid dienone is 1. The lowest BCUT2D eigenvalue weighted by Gasteiger charge is -2.15. The van der Waals surface area contributed by atoms with Crippen molar-refractivity contribution in [3.05, 3.63) is 68.7 Å². The van der Waals surface area contributed by atoms with E-state index >= 15 is 0 Å². The summed E-state index contributed by atoms with van der Waals surface area (Å²) < 4.78 is 25.7. The van der Waals surface area contributed by atoms with Crippen LogP contribution in [0.15, 0.2) is 34.8 Å². The Morgan fingerprint density at radius 2 is 2.06 bits per heavy atom. The Balaban J connectivity index is 1.71. The maximum Gasteiger partial charge on any atom is 0.306 e. The molecule has 0 bridgehead atoms. The molecule has 33 heavy (non-hydrogen) atoms. The Labute approximate surface area is 190 Å². The third-order valence-corrected chi connectivity index (χ3v) is 5.90. The third-order valence-electron chi connectivity index (χ3n) is 5.90. The van der Waals surface area contributed by atoms with Gasteiger partial charge in [-0.1, -0.05) is 0 Å². The molecule has 0 unspecified atom stereocenters. The van der Waals surface area contributed by atoms with Crippen LogP contribution in [0.2, 0.25) is 0 Å². The van der Waals surface area contributed by atoms with E-state index in [4.69, 9.17) is 9.15 Å². The van der Waals surface area contributed by atoms with Gasteiger partial charge in [0.05, 0.1) is 11.5 Å². The van der Waals surface area contributed by atoms with Crippen LogP contribution in [0.4, 0.5) is 15.8 Å². The quantitative estimate of drug-likeness (QED) is 0.277. The second-order valence-electron chi connectivity index (χ2n) is 8.14. The zero-order valence-corrected chi connectivity index (χ0v) is 18.8. The summed E-state index contributed by atoms with van der Waals surface area (Å²) in [6, 6.07) is 5.25. The average molecular weight is 452 g/mol. The summed E-state index contributed by atoms with van der Waals surface area (Å²) in [7, 11) is 0. The van der Waals surface area contributed by atoms with Gasteiger partial charge in [0.25, 0.3) is 0 Å². The predicted molar refractivity (Wildman–Crippen MR) is 124 cm³/mol. The number of fused-ring (bicyclic) bond motifs is 3. The maximum absolute atomic E-state index is 13.6. The Morgan fingerprint density at radius 1 is 1.30 bits per heavy atom. The lowest BCUT2D eigenvalue weighted by Crippen LogP contribution is -2.09. The zero-order chi connectivity index (χ0) is 23.7. The number of ether oxygens (including phenoxy) is 1. The average Bonchev–Trinajstić information content (AvgIpc) is 3.15. The minimum atomic E-state index is -0.960. The Hall–Kier alpha value is -3.68. The number of nitro groups is 1. The second kappa shape index (κ2) is 9.05. The van der Waals surface area contributed by atoms with Crippen LogP contribution in [-0.2, 0) is 17.6 Å². The predicted octanol–water partition coefficient (Wildman–Crippen LogP) is 6.11. The molecule has 1 aliphatic rings. The van der Waals surface area contributed by atoms with Crippen molar-refractivity contribution in [1.82, 2.24) is 0 Å². The largest absolute Gasteiger partial charge is 0.493 e. The van der Waals surface area contributed by atoms with Crippen LogP contribution in [0, 0.1) is 22.9 Å². The molecule has 4 rings (SSSR count). The molecule has 3 aromatic rings. The monoisotopic (exact) mass is 452 g/mol. The van der Waals surface area contributed by atoms with Gasteiger partial charge in [-0.05, 0) is 63.8 Å². The lowest BCUT2D eigenvalue weighted by molar-refractivity contribution is -0.387. The smallest absolute Gasteiger partial charge is 0.306 e. The standard InChI is InChI=1S/C25H25FN2O5/c1-4-32-24-15(3)25-19(17-7-5-6-8-22(17)33-25)13-18(24)14(2)11-23(29)27-16-9-10-20(26)21(12-16)28(30)31/h9-13H,4-8H2,1-3H3,(H,27,29)/b14-11+. The molecule has 0 saturated carbocycles. The minimum absolute atomic E-state index is 0.137. The van der Waals surface area contributed by atoms with E-state index in [1.807, 2.05) is 26.8 Å². The van der Waals surface area contributed by atoms with E-state index in [9.17, 15) is 19.3 Å². The number of carbonyl (C=O) groups is 1. The Bertz CT molecular complexity index is 1290. The summed E-state index contributed by atoms with van der Waals surface area (Å²) >= 11 is 0. The van der Waals surface area contributed by atoms with Crippen molar-refractivity contribution in [3.8, 4) is 5.75 Å². The summed E-state index contributed by atoms with van der Waals surface area (Å²) in [6.45, 7) is 6.12. The van der Waals surface area contributed by atoms with E-state index in [-0.39, 0.29) is 5.69 Å². The highest BCUT2D eigenvalue weighted by molar-refractivity contribution is 6.05. The first-order valence-electron chi connectivity index (χ1n) is 10.9. The van der Waals surface area contributed by atoms with Gasteiger partial charge in [-0.2, -0.15) is 4.39 Å². The van der Waals surface area contributed by atoms with E-state index < -0.39 is 22.3 Å². The highest BCUT2D eigenvalue weighted by atomic mass is 19.1. The Morgan fingerprint density at radius 3 is 2.79 bits per heavy atom. The van der Waals surface area contributed by atoms with Crippen LogP contribution in [-0.4, -0.2) is 17.4 Å². The van der Waals surface area contributed by atoms with Crippen molar-refractivity contribution in [1.29, 1.82) is 0 Å². The number of rotatable bonds is 6. The number of benzene rings is 2. The fraction of sp³-hybridized carbons (Fsp3) is 0.320. The second-order valence-corrected chi connectivity index (χ2v) is 8.14. The molecule has 1 heterocycles. The fourth-order valence-electron chi connectivity index (χ4n) is 4.34. The summed E-state index contributed by atoms with van der Waals surface area (Å²) in [6.07, 6.45) is 5.51. The summed E-state index contributed by atoms with van der Waals surface area (Å²) in [5, 5.41) is 14.6. The number of nitrogens with one attached hydrogen (secondary N) is 1. The highest BCUT2D eigenvalue weighted by Crippen LogP contribution is 2.41. The van der Waals surface area contributed by atoms with E-state index in [0.29, 0.717) is 17.9 Å². The molecule has 1 aliphatic carbocycles. The SMILES string of the molecule is CCOc1c(/C(C)=C/C(=O)Nc2ccc(F)c([N+](=O)[O-])c2)cc2c3c(oc2c1C)CCCC3. The van der Waals surface area contributed by atoms with Crippen LogP contribution >= 0.6 is 0 Å². The van der Waals surface area contributed by atoms with Gasteiger partial charge in [0, 0.05) is 46.3 Å².